The Kier molecular flexibility index (Phi) is 37.6. The maximum atomic E-state index is 12.9. The highest BCUT2D eigenvalue weighted by molar-refractivity contribution is 5.92. The van der Waals surface area contributed by atoms with Crippen LogP contribution < -0.4 is 0 Å². The Bertz CT molecular complexity index is 1100. The van der Waals surface area contributed by atoms with Gasteiger partial charge in [0.25, 0.3) is 0 Å². The molecule has 0 bridgehead atoms. The van der Waals surface area contributed by atoms with Crippen molar-refractivity contribution in [3.63, 3.8) is 0 Å². The van der Waals surface area contributed by atoms with E-state index in [2.05, 4.69) is 20.8 Å². The molecule has 15 nitrogen and oxygen atoms in total. The van der Waals surface area contributed by atoms with Gasteiger partial charge < -0.3 is 38.1 Å². The Hall–Kier alpha value is -3.75. The van der Waals surface area contributed by atoms with E-state index in [0.29, 0.717) is 32.2 Å². The zero-order valence-electron chi connectivity index (χ0n) is 39.2. The molecule has 62 heavy (non-hydrogen) atoms. The highest BCUT2D eigenvalue weighted by atomic mass is 16.6. The van der Waals surface area contributed by atoms with Crippen LogP contribution in [0.1, 0.15) is 188 Å². The summed E-state index contributed by atoms with van der Waals surface area (Å²) in [5.41, 5.74) is -1.69. The molecule has 0 spiro atoms. The first-order valence-electron chi connectivity index (χ1n) is 23.6. The number of carbonyl (C=O) groups excluding carboxylic acids is 7. The van der Waals surface area contributed by atoms with Crippen molar-refractivity contribution in [2.45, 2.75) is 188 Å². The number of hydrogen-bond acceptors (Lipinski definition) is 15. The number of esters is 7. The number of hydrogen-bond donors (Lipinski definition) is 0. The second kappa shape index (κ2) is 40.1. The Morgan fingerprint density at radius 3 is 0.887 bits per heavy atom. The minimum atomic E-state index is -1.69. The van der Waals surface area contributed by atoms with Gasteiger partial charge >= 0.3 is 41.8 Å². The molecule has 15 heteroatoms. The molecule has 0 atom stereocenters. The molecule has 0 unspecified atom stereocenters. The predicted octanol–water partition coefficient (Wildman–Crippen LogP) is 8.54. The highest BCUT2D eigenvalue weighted by Crippen LogP contribution is 2.23. The monoisotopic (exact) mass is 886 g/mol. The predicted molar refractivity (Wildman–Crippen MR) is 235 cm³/mol. The summed E-state index contributed by atoms with van der Waals surface area (Å²) in [4.78, 5) is 90.8. The Balaban J connectivity index is 5.69. The molecule has 0 rings (SSSR count). The van der Waals surface area contributed by atoms with Gasteiger partial charge in [-0.2, -0.15) is 0 Å². The molecule has 0 fully saturated rings. The standard InChI is InChI=1S/C47H83NO14/c1-6-9-12-15-18-21-24-30-56-41(50)33-44(53)60-37-47(36-59-40(49)28-27-29-48(4)5,38-61-45(54)34-42(51)57-31-25-22-19-16-13-10-7-2)39-62-46(55)35-43(52)58-32-26-23-20-17-14-11-8-3/h6-39H2,1-5H3. The van der Waals surface area contributed by atoms with Crippen LogP contribution in [-0.4, -0.2) is 114 Å². The quantitative estimate of drug-likeness (QED) is 0.0245. The van der Waals surface area contributed by atoms with Crippen LogP contribution in [0.3, 0.4) is 0 Å². The first-order chi connectivity index (χ1) is 29.9. The van der Waals surface area contributed by atoms with Crippen LogP contribution in [0.4, 0.5) is 0 Å². The molecule has 360 valence electrons. The number of unbranched alkanes of at least 4 members (excludes halogenated alkanes) is 18. The molecule has 0 aromatic carbocycles. The minimum Gasteiger partial charge on any atom is -0.465 e. The van der Waals surface area contributed by atoms with Crippen LogP contribution in [0.2, 0.25) is 0 Å². The van der Waals surface area contributed by atoms with Gasteiger partial charge in [0, 0.05) is 6.42 Å². The lowest BCUT2D eigenvalue weighted by Crippen LogP contribution is -2.44. The lowest BCUT2D eigenvalue weighted by Gasteiger charge is -2.31. The molecule has 0 aliphatic rings. The number of carbonyl (C=O) groups is 7. The lowest BCUT2D eigenvalue weighted by molar-refractivity contribution is -0.172. The van der Waals surface area contributed by atoms with Crippen molar-refractivity contribution in [1.82, 2.24) is 4.90 Å². The van der Waals surface area contributed by atoms with Crippen LogP contribution in [-0.2, 0) is 66.7 Å². The SMILES string of the molecule is CCCCCCCCCOC(=O)CC(=O)OCC(COC(=O)CCCN(C)C)(COC(=O)CC(=O)OCCCCCCCCC)COC(=O)CC(=O)OCCCCCCCCC. The van der Waals surface area contributed by atoms with Gasteiger partial charge in [0.05, 0.1) is 19.8 Å². The van der Waals surface area contributed by atoms with E-state index in [0.717, 1.165) is 96.3 Å². The highest BCUT2D eigenvalue weighted by Gasteiger charge is 2.38. The summed E-state index contributed by atoms with van der Waals surface area (Å²) < 4.78 is 37.5. The second-order valence-corrected chi connectivity index (χ2v) is 16.6. The smallest absolute Gasteiger partial charge is 0.317 e. The molecule has 0 N–H and O–H groups in total. The number of nitrogens with zero attached hydrogens (tertiary/aromatic N) is 1. The zero-order valence-corrected chi connectivity index (χ0v) is 39.2. The fourth-order valence-corrected chi connectivity index (χ4v) is 6.19. The van der Waals surface area contributed by atoms with Gasteiger partial charge in [-0.15, -0.1) is 0 Å². The van der Waals surface area contributed by atoms with E-state index in [9.17, 15) is 33.6 Å². The van der Waals surface area contributed by atoms with E-state index < -0.39 is 92.9 Å². The Labute approximate surface area is 372 Å². The van der Waals surface area contributed by atoms with E-state index in [-0.39, 0.29) is 26.2 Å². The van der Waals surface area contributed by atoms with Crippen molar-refractivity contribution in [2.24, 2.45) is 5.41 Å². The second-order valence-electron chi connectivity index (χ2n) is 16.6. The van der Waals surface area contributed by atoms with Crippen molar-refractivity contribution >= 4 is 41.8 Å². The molecule has 0 heterocycles. The number of rotatable bonds is 42. The summed E-state index contributed by atoms with van der Waals surface area (Å²) in [7, 11) is 3.71. The largest absolute Gasteiger partial charge is 0.465 e. The van der Waals surface area contributed by atoms with Crippen LogP contribution in [0.15, 0.2) is 0 Å². The van der Waals surface area contributed by atoms with Crippen LogP contribution in [0, 0.1) is 5.41 Å². The molecule has 0 saturated heterocycles. The normalized spacial score (nSPS) is 11.2. The molecular formula is C47H83NO14. The molecule has 0 aliphatic heterocycles. The van der Waals surface area contributed by atoms with E-state index in [4.69, 9.17) is 33.2 Å². The van der Waals surface area contributed by atoms with Gasteiger partial charge in [-0.25, -0.2) is 0 Å². The molecule has 0 aromatic rings. The third-order valence-corrected chi connectivity index (χ3v) is 10.0. The molecule has 0 radical (unpaired) electrons. The van der Waals surface area contributed by atoms with E-state index in [1.807, 2.05) is 19.0 Å². The van der Waals surface area contributed by atoms with Crippen LogP contribution in [0.25, 0.3) is 0 Å². The summed E-state index contributed by atoms with van der Waals surface area (Å²) in [5.74, 6) is -5.91. The van der Waals surface area contributed by atoms with Gasteiger partial charge in [-0.3, -0.25) is 33.6 Å². The zero-order chi connectivity index (χ0) is 46.1. The van der Waals surface area contributed by atoms with Gasteiger partial charge in [0.15, 0.2) is 0 Å². The topological polar surface area (TPSA) is 187 Å². The fraction of sp³-hybridized carbons (Fsp3) is 0.851. The summed E-state index contributed by atoms with van der Waals surface area (Å²) in [6.45, 7) is 5.08. The van der Waals surface area contributed by atoms with Crippen molar-refractivity contribution < 1.29 is 66.7 Å². The average molecular weight is 886 g/mol. The van der Waals surface area contributed by atoms with Gasteiger partial charge in [0.2, 0.25) is 0 Å². The van der Waals surface area contributed by atoms with Crippen molar-refractivity contribution in [1.29, 1.82) is 0 Å². The van der Waals surface area contributed by atoms with Crippen molar-refractivity contribution in [2.75, 3.05) is 66.9 Å². The van der Waals surface area contributed by atoms with Gasteiger partial charge in [0.1, 0.15) is 51.1 Å². The fourth-order valence-electron chi connectivity index (χ4n) is 6.19. The van der Waals surface area contributed by atoms with Gasteiger partial charge in [-0.1, -0.05) is 136 Å². The minimum absolute atomic E-state index is 0.0351. The van der Waals surface area contributed by atoms with Crippen molar-refractivity contribution in [3.05, 3.63) is 0 Å². The lowest BCUT2D eigenvalue weighted by atomic mass is 9.92. The molecule has 0 aromatic heterocycles. The molecule has 0 amide bonds. The average Bonchev–Trinajstić information content (AvgIpc) is 3.23. The van der Waals surface area contributed by atoms with Crippen LogP contribution >= 0.6 is 0 Å². The van der Waals surface area contributed by atoms with Gasteiger partial charge in [-0.05, 0) is 46.3 Å². The summed E-state index contributed by atoms with van der Waals surface area (Å²) in [6.07, 6.45) is 19.9. The third kappa shape index (κ3) is 36.9. The maximum absolute atomic E-state index is 12.9. The summed E-state index contributed by atoms with van der Waals surface area (Å²) in [5, 5.41) is 0. The first kappa shape index (κ1) is 58.2. The summed E-state index contributed by atoms with van der Waals surface area (Å²) in [6, 6.07) is 0. The Morgan fingerprint density at radius 1 is 0.339 bits per heavy atom. The summed E-state index contributed by atoms with van der Waals surface area (Å²) >= 11 is 0. The van der Waals surface area contributed by atoms with E-state index in [1.54, 1.807) is 0 Å². The Morgan fingerprint density at radius 2 is 0.597 bits per heavy atom. The first-order valence-corrected chi connectivity index (χ1v) is 23.6. The van der Waals surface area contributed by atoms with E-state index >= 15 is 0 Å². The molecule has 0 aliphatic carbocycles. The van der Waals surface area contributed by atoms with Crippen molar-refractivity contribution in [3.8, 4) is 0 Å². The molecule has 0 saturated carbocycles. The third-order valence-electron chi connectivity index (χ3n) is 10.0. The molecular weight excluding hydrogens is 803 g/mol. The number of ether oxygens (including phenoxy) is 7. The maximum Gasteiger partial charge on any atom is 0.317 e. The van der Waals surface area contributed by atoms with E-state index in [1.165, 1.54) is 19.3 Å². The van der Waals surface area contributed by atoms with Crippen LogP contribution in [0.5, 0.6) is 0 Å².